The standard InChI is InChI=1S/C15H24N2O2/c1-15(2,3)19-14(18)17(4)13(11-16)10-12-8-6-5-7-9-12/h5-9,13H,10-11,16H2,1-4H3/t13-/m0/s1. The van der Waals surface area contributed by atoms with Crippen molar-refractivity contribution in [2.45, 2.75) is 38.8 Å². The van der Waals surface area contributed by atoms with E-state index >= 15 is 0 Å². The lowest BCUT2D eigenvalue weighted by atomic mass is 10.1. The summed E-state index contributed by atoms with van der Waals surface area (Å²) in [6.07, 6.45) is 0.395. The van der Waals surface area contributed by atoms with Gasteiger partial charge in [0.25, 0.3) is 0 Å². The van der Waals surface area contributed by atoms with Gasteiger partial charge in [0.1, 0.15) is 5.60 Å². The highest BCUT2D eigenvalue weighted by Gasteiger charge is 2.24. The Morgan fingerprint density at radius 1 is 1.32 bits per heavy atom. The minimum absolute atomic E-state index is 0.0581. The van der Waals surface area contributed by atoms with Crippen molar-refractivity contribution in [2.75, 3.05) is 13.6 Å². The lowest BCUT2D eigenvalue weighted by Crippen LogP contribution is -2.45. The van der Waals surface area contributed by atoms with Gasteiger partial charge in [0.15, 0.2) is 0 Å². The van der Waals surface area contributed by atoms with Crippen LogP contribution in [0.25, 0.3) is 0 Å². The van der Waals surface area contributed by atoms with Gasteiger partial charge in [-0.15, -0.1) is 0 Å². The quantitative estimate of drug-likeness (QED) is 0.908. The number of likely N-dealkylation sites (N-methyl/N-ethyl adjacent to an activating group) is 1. The third kappa shape index (κ3) is 5.30. The van der Waals surface area contributed by atoms with Crippen molar-refractivity contribution in [3.8, 4) is 0 Å². The predicted molar refractivity (Wildman–Crippen MR) is 77.0 cm³/mol. The molecule has 1 rings (SSSR count). The van der Waals surface area contributed by atoms with Crippen molar-refractivity contribution < 1.29 is 9.53 Å². The van der Waals surface area contributed by atoms with E-state index in [2.05, 4.69) is 0 Å². The van der Waals surface area contributed by atoms with Gasteiger partial charge in [0, 0.05) is 13.6 Å². The van der Waals surface area contributed by atoms with E-state index in [0.717, 1.165) is 12.0 Å². The summed E-state index contributed by atoms with van der Waals surface area (Å²) < 4.78 is 5.35. The van der Waals surface area contributed by atoms with Gasteiger partial charge in [-0.25, -0.2) is 4.79 Å². The summed E-state index contributed by atoms with van der Waals surface area (Å²) in [4.78, 5) is 13.6. The van der Waals surface area contributed by atoms with Crippen LogP contribution in [-0.2, 0) is 11.2 Å². The van der Waals surface area contributed by atoms with Crippen LogP contribution in [0.4, 0.5) is 4.79 Å². The van der Waals surface area contributed by atoms with Crippen molar-refractivity contribution >= 4 is 6.09 Å². The second-order valence-corrected chi connectivity index (χ2v) is 5.67. The molecule has 4 nitrogen and oxygen atoms in total. The number of nitrogens with two attached hydrogens (primary N) is 1. The Kier molecular flexibility index (Phi) is 5.36. The zero-order valence-corrected chi connectivity index (χ0v) is 12.2. The molecule has 19 heavy (non-hydrogen) atoms. The van der Waals surface area contributed by atoms with Gasteiger partial charge in [0.05, 0.1) is 6.04 Å². The summed E-state index contributed by atoms with van der Waals surface area (Å²) in [7, 11) is 1.73. The van der Waals surface area contributed by atoms with Crippen LogP contribution in [0, 0.1) is 0 Å². The van der Waals surface area contributed by atoms with E-state index < -0.39 is 5.60 Å². The maximum atomic E-state index is 12.0. The second kappa shape index (κ2) is 6.57. The van der Waals surface area contributed by atoms with Crippen molar-refractivity contribution in [3.63, 3.8) is 0 Å². The van der Waals surface area contributed by atoms with Crippen LogP contribution in [-0.4, -0.2) is 36.2 Å². The number of carbonyl (C=O) groups is 1. The van der Waals surface area contributed by atoms with Crippen molar-refractivity contribution in [3.05, 3.63) is 35.9 Å². The molecule has 1 aromatic rings. The number of hydrogen-bond donors (Lipinski definition) is 1. The Morgan fingerprint density at radius 2 is 1.89 bits per heavy atom. The summed E-state index contributed by atoms with van der Waals surface area (Å²) in [5, 5.41) is 0. The zero-order chi connectivity index (χ0) is 14.5. The van der Waals surface area contributed by atoms with Crippen LogP contribution in [0.5, 0.6) is 0 Å². The number of amides is 1. The Hall–Kier alpha value is -1.55. The monoisotopic (exact) mass is 264 g/mol. The molecule has 1 atom stereocenters. The molecule has 0 spiro atoms. The highest BCUT2D eigenvalue weighted by molar-refractivity contribution is 5.68. The molecule has 0 aromatic heterocycles. The molecule has 0 aliphatic carbocycles. The smallest absolute Gasteiger partial charge is 0.410 e. The Bertz CT molecular complexity index is 398. The van der Waals surface area contributed by atoms with Crippen LogP contribution < -0.4 is 5.73 Å². The molecule has 4 heteroatoms. The Labute approximate surface area is 115 Å². The first-order valence-corrected chi connectivity index (χ1v) is 6.53. The first-order valence-electron chi connectivity index (χ1n) is 6.53. The number of hydrogen-bond acceptors (Lipinski definition) is 3. The molecule has 1 aromatic carbocycles. The van der Waals surface area contributed by atoms with Gasteiger partial charge in [-0.1, -0.05) is 30.3 Å². The van der Waals surface area contributed by atoms with Crippen LogP contribution in [0.1, 0.15) is 26.3 Å². The molecule has 0 radical (unpaired) electrons. The molecule has 2 N–H and O–H groups in total. The predicted octanol–water partition coefficient (Wildman–Crippen LogP) is 2.42. The van der Waals surface area contributed by atoms with Crippen LogP contribution in [0.3, 0.4) is 0 Å². The third-order valence-electron chi connectivity index (χ3n) is 2.82. The third-order valence-corrected chi connectivity index (χ3v) is 2.82. The fraction of sp³-hybridized carbons (Fsp3) is 0.533. The van der Waals surface area contributed by atoms with E-state index in [1.807, 2.05) is 51.1 Å². The fourth-order valence-corrected chi connectivity index (χ4v) is 1.75. The summed E-state index contributed by atoms with van der Waals surface area (Å²) >= 11 is 0. The maximum Gasteiger partial charge on any atom is 0.410 e. The molecule has 1 amide bonds. The molecule has 0 saturated carbocycles. The number of ether oxygens (including phenoxy) is 1. The number of nitrogens with zero attached hydrogens (tertiary/aromatic N) is 1. The van der Waals surface area contributed by atoms with Gasteiger partial charge in [-0.05, 0) is 32.8 Å². The van der Waals surface area contributed by atoms with Gasteiger partial charge in [-0.2, -0.15) is 0 Å². The molecule has 0 unspecified atom stereocenters. The number of benzene rings is 1. The molecular formula is C15H24N2O2. The maximum absolute atomic E-state index is 12.0. The largest absolute Gasteiger partial charge is 0.444 e. The summed E-state index contributed by atoms with van der Waals surface area (Å²) in [6.45, 7) is 5.97. The molecule has 0 fully saturated rings. The molecular weight excluding hydrogens is 240 g/mol. The van der Waals surface area contributed by atoms with Gasteiger partial charge in [0.2, 0.25) is 0 Å². The average molecular weight is 264 g/mol. The molecule has 106 valence electrons. The fourth-order valence-electron chi connectivity index (χ4n) is 1.75. The van der Waals surface area contributed by atoms with Crippen LogP contribution in [0.15, 0.2) is 30.3 Å². The summed E-state index contributed by atoms with van der Waals surface area (Å²) in [5.41, 5.74) is 6.45. The zero-order valence-electron chi connectivity index (χ0n) is 12.2. The first-order chi connectivity index (χ1) is 8.83. The minimum atomic E-state index is -0.489. The summed E-state index contributed by atoms with van der Waals surface area (Å²) in [6, 6.07) is 9.94. The SMILES string of the molecule is CN(C(=O)OC(C)(C)C)[C@H](CN)Cc1ccccc1. The van der Waals surface area contributed by atoms with Gasteiger partial charge < -0.3 is 15.4 Å². The second-order valence-electron chi connectivity index (χ2n) is 5.67. The highest BCUT2D eigenvalue weighted by Crippen LogP contribution is 2.13. The van der Waals surface area contributed by atoms with E-state index in [1.54, 1.807) is 11.9 Å². The average Bonchev–Trinajstić information content (AvgIpc) is 2.34. The van der Waals surface area contributed by atoms with E-state index in [-0.39, 0.29) is 12.1 Å². The van der Waals surface area contributed by atoms with E-state index in [0.29, 0.717) is 6.54 Å². The minimum Gasteiger partial charge on any atom is -0.444 e. The van der Waals surface area contributed by atoms with Gasteiger partial charge in [-0.3, -0.25) is 0 Å². The lowest BCUT2D eigenvalue weighted by molar-refractivity contribution is 0.0228. The van der Waals surface area contributed by atoms with Crippen LogP contribution >= 0.6 is 0 Å². The van der Waals surface area contributed by atoms with Gasteiger partial charge >= 0.3 is 6.09 Å². The highest BCUT2D eigenvalue weighted by atomic mass is 16.6. The normalized spacial score (nSPS) is 12.9. The van der Waals surface area contributed by atoms with E-state index in [1.165, 1.54) is 0 Å². The Morgan fingerprint density at radius 3 is 2.37 bits per heavy atom. The number of rotatable bonds is 4. The Balaban J connectivity index is 2.66. The molecule has 0 aliphatic rings. The molecule has 0 aliphatic heterocycles. The van der Waals surface area contributed by atoms with E-state index in [4.69, 9.17) is 10.5 Å². The molecule has 0 heterocycles. The molecule has 0 saturated heterocycles. The van der Waals surface area contributed by atoms with Crippen molar-refractivity contribution in [1.82, 2.24) is 4.90 Å². The van der Waals surface area contributed by atoms with Crippen LogP contribution in [0.2, 0.25) is 0 Å². The lowest BCUT2D eigenvalue weighted by Gasteiger charge is -2.30. The first kappa shape index (κ1) is 15.5. The molecule has 0 bridgehead atoms. The number of carbonyl (C=O) groups excluding carboxylic acids is 1. The van der Waals surface area contributed by atoms with E-state index in [9.17, 15) is 4.79 Å². The van der Waals surface area contributed by atoms with Crippen molar-refractivity contribution in [1.29, 1.82) is 0 Å². The summed E-state index contributed by atoms with van der Waals surface area (Å²) in [5.74, 6) is 0. The topological polar surface area (TPSA) is 55.6 Å². The van der Waals surface area contributed by atoms with Crippen molar-refractivity contribution in [2.24, 2.45) is 5.73 Å².